The highest BCUT2D eigenvalue weighted by Crippen LogP contribution is 2.25. The van der Waals surface area contributed by atoms with Gasteiger partial charge in [0.05, 0.1) is 10.5 Å². The van der Waals surface area contributed by atoms with Gasteiger partial charge in [-0.2, -0.15) is 0 Å². The number of hydrogen-bond acceptors (Lipinski definition) is 7. The molecule has 2 aromatic carbocycles. The Bertz CT molecular complexity index is 1040. The molecule has 0 heterocycles. The summed E-state index contributed by atoms with van der Waals surface area (Å²) in [5.74, 6) is -1.56. The Morgan fingerprint density at radius 1 is 1.14 bits per heavy atom. The van der Waals surface area contributed by atoms with E-state index in [0.717, 1.165) is 35.6 Å². The van der Waals surface area contributed by atoms with Gasteiger partial charge in [-0.25, -0.2) is 13.2 Å². The van der Waals surface area contributed by atoms with Crippen LogP contribution in [-0.2, 0) is 19.4 Å². The third-order valence-electron chi connectivity index (χ3n) is 3.87. The molecule has 0 aliphatic heterocycles. The number of para-hydroxylation sites is 1. The normalized spacial score (nSPS) is 11.0. The maximum absolute atomic E-state index is 12.1. The first-order valence-corrected chi connectivity index (χ1v) is 9.91. The first kappa shape index (κ1) is 21.0. The van der Waals surface area contributed by atoms with Crippen molar-refractivity contribution in [1.82, 2.24) is 0 Å². The van der Waals surface area contributed by atoms with Crippen molar-refractivity contribution in [3.63, 3.8) is 0 Å². The van der Waals surface area contributed by atoms with Crippen molar-refractivity contribution in [2.75, 3.05) is 18.2 Å². The quantitative estimate of drug-likeness (QED) is 0.442. The number of sulfone groups is 1. The lowest BCUT2D eigenvalue weighted by Crippen LogP contribution is -2.22. The number of rotatable bonds is 6. The van der Waals surface area contributed by atoms with Gasteiger partial charge in [-0.05, 0) is 37.1 Å². The van der Waals surface area contributed by atoms with Crippen LogP contribution < -0.4 is 5.32 Å². The summed E-state index contributed by atoms with van der Waals surface area (Å²) in [6.45, 7) is 3.03. The van der Waals surface area contributed by atoms with Crippen LogP contribution in [-0.4, -0.2) is 38.1 Å². The number of carbonyl (C=O) groups is 2. The zero-order valence-electron chi connectivity index (χ0n) is 15.4. The molecule has 0 unspecified atom stereocenters. The van der Waals surface area contributed by atoms with E-state index in [0.29, 0.717) is 5.69 Å². The van der Waals surface area contributed by atoms with E-state index in [1.165, 1.54) is 0 Å². The van der Waals surface area contributed by atoms with Crippen molar-refractivity contribution < 1.29 is 27.7 Å². The number of hydrogen-bond donors (Lipinski definition) is 1. The minimum Gasteiger partial charge on any atom is -0.452 e. The Kier molecular flexibility index (Phi) is 6.14. The molecule has 148 valence electrons. The fraction of sp³-hybridized carbons (Fsp3) is 0.222. The number of nitro groups is 1. The Morgan fingerprint density at radius 2 is 1.75 bits per heavy atom. The van der Waals surface area contributed by atoms with Gasteiger partial charge in [-0.15, -0.1) is 0 Å². The fourth-order valence-corrected chi connectivity index (χ4v) is 3.33. The largest absolute Gasteiger partial charge is 0.452 e. The monoisotopic (exact) mass is 406 g/mol. The summed E-state index contributed by atoms with van der Waals surface area (Å²) in [7, 11) is -3.85. The molecule has 0 spiro atoms. The molecule has 0 atom stereocenters. The Balaban J connectivity index is 2.12. The smallest absolute Gasteiger partial charge is 0.338 e. The van der Waals surface area contributed by atoms with Crippen LogP contribution in [0.4, 0.5) is 11.4 Å². The summed E-state index contributed by atoms with van der Waals surface area (Å²) in [4.78, 5) is 33.8. The molecule has 2 rings (SSSR count). The number of aryl methyl sites for hydroxylation is 2. The predicted octanol–water partition coefficient (Wildman–Crippen LogP) is 2.41. The second-order valence-corrected chi connectivity index (χ2v) is 8.09. The van der Waals surface area contributed by atoms with E-state index in [1.54, 1.807) is 0 Å². The van der Waals surface area contributed by atoms with Crippen LogP contribution in [0, 0.1) is 24.0 Å². The van der Waals surface area contributed by atoms with Crippen LogP contribution in [0.3, 0.4) is 0 Å². The summed E-state index contributed by atoms with van der Waals surface area (Å²) < 4.78 is 28.1. The van der Waals surface area contributed by atoms with Crippen LogP contribution in [0.25, 0.3) is 0 Å². The van der Waals surface area contributed by atoms with Gasteiger partial charge in [0, 0.05) is 18.0 Å². The molecule has 2 aromatic rings. The summed E-state index contributed by atoms with van der Waals surface area (Å²) in [5, 5.41) is 13.7. The Hall–Kier alpha value is -3.27. The molecule has 1 amide bonds. The highest BCUT2D eigenvalue weighted by Gasteiger charge is 2.24. The van der Waals surface area contributed by atoms with Gasteiger partial charge in [0.2, 0.25) is 0 Å². The van der Waals surface area contributed by atoms with Crippen LogP contribution in [0.15, 0.2) is 41.3 Å². The summed E-state index contributed by atoms with van der Waals surface area (Å²) in [6.07, 6.45) is 0.825. The van der Waals surface area contributed by atoms with Crippen molar-refractivity contribution in [3.8, 4) is 0 Å². The Labute approximate surface area is 161 Å². The minimum atomic E-state index is -3.85. The number of nitrogens with one attached hydrogen (secondary N) is 1. The summed E-state index contributed by atoms with van der Waals surface area (Å²) in [6, 6.07) is 8.33. The number of benzene rings is 2. The predicted molar refractivity (Wildman–Crippen MR) is 101 cm³/mol. The summed E-state index contributed by atoms with van der Waals surface area (Å²) in [5.41, 5.74) is 1.31. The van der Waals surface area contributed by atoms with Gasteiger partial charge in [-0.3, -0.25) is 14.9 Å². The SMILES string of the molecule is Cc1cccc(C)c1NC(=O)COC(=O)c1ccc(S(C)(=O)=O)c([N+](=O)[O-])c1. The van der Waals surface area contributed by atoms with E-state index in [2.05, 4.69) is 5.32 Å². The number of amides is 1. The van der Waals surface area contributed by atoms with Crippen molar-refractivity contribution in [1.29, 1.82) is 0 Å². The summed E-state index contributed by atoms with van der Waals surface area (Å²) >= 11 is 0. The maximum atomic E-state index is 12.1. The van der Waals surface area contributed by atoms with Crippen molar-refractivity contribution in [2.24, 2.45) is 0 Å². The lowest BCUT2D eigenvalue weighted by Gasteiger charge is -2.11. The van der Waals surface area contributed by atoms with Crippen LogP contribution in [0.1, 0.15) is 21.5 Å². The van der Waals surface area contributed by atoms with E-state index < -0.39 is 43.8 Å². The number of ether oxygens (including phenoxy) is 1. The molecule has 0 fully saturated rings. The van der Waals surface area contributed by atoms with E-state index in [-0.39, 0.29) is 5.56 Å². The second-order valence-electron chi connectivity index (χ2n) is 6.10. The van der Waals surface area contributed by atoms with Crippen molar-refractivity contribution >= 4 is 33.1 Å². The molecule has 0 saturated heterocycles. The van der Waals surface area contributed by atoms with Gasteiger partial charge in [0.15, 0.2) is 16.4 Å². The minimum absolute atomic E-state index is 0.237. The molecular formula is C18H18N2O7S. The van der Waals surface area contributed by atoms with E-state index >= 15 is 0 Å². The molecular weight excluding hydrogens is 388 g/mol. The zero-order valence-corrected chi connectivity index (χ0v) is 16.2. The average Bonchev–Trinajstić information content (AvgIpc) is 2.61. The molecule has 0 aliphatic carbocycles. The molecule has 0 aliphatic rings. The highest BCUT2D eigenvalue weighted by atomic mass is 32.2. The first-order chi connectivity index (χ1) is 13.0. The number of carbonyl (C=O) groups excluding carboxylic acids is 2. The average molecular weight is 406 g/mol. The topological polar surface area (TPSA) is 133 Å². The molecule has 10 heteroatoms. The molecule has 9 nitrogen and oxygen atoms in total. The third kappa shape index (κ3) is 4.92. The number of nitro benzene ring substituents is 1. The fourth-order valence-electron chi connectivity index (χ4n) is 2.50. The molecule has 0 radical (unpaired) electrons. The van der Waals surface area contributed by atoms with Gasteiger partial charge >= 0.3 is 5.97 Å². The Morgan fingerprint density at radius 3 is 2.29 bits per heavy atom. The van der Waals surface area contributed by atoms with Crippen molar-refractivity contribution in [3.05, 3.63) is 63.2 Å². The van der Waals surface area contributed by atoms with Crippen LogP contribution in [0.5, 0.6) is 0 Å². The van der Waals surface area contributed by atoms with Crippen LogP contribution in [0.2, 0.25) is 0 Å². The lowest BCUT2D eigenvalue weighted by atomic mass is 10.1. The van der Waals surface area contributed by atoms with E-state index in [9.17, 15) is 28.1 Å². The molecule has 0 aromatic heterocycles. The van der Waals surface area contributed by atoms with E-state index in [1.807, 2.05) is 32.0 Å². The molecule has 28 heavy (non-hydrogen) atoms. The van der Waals surface area contributed by atoms with Gasteiger partial charge < -0.3 is 10.1 Å². The third-order valence-corrected chi connectivity index (χ3v) is 5.01. The zero-order chi connectivity index (χ0) is 21.1. The van der Waals surface area contributed by atoms with Gasteiger partial charge in [0.1, 0.15) is 4.90 Å². The number of nitrogens with zero attached hydrogens (tertiary/aromatic N) is 1. The van der Waals surface area contributed by atoms with E-state index in [4.69, 9.17) is 4.74 Å². The first-order valence-electron chi connectivity index (χ1n) is 8.02. The second kappa shape index (κ2) is 8.17. The molecule has 0 bridgehead atoms. The standard InChI is InChI=1S/C18H18N2O7S/c1-11-5-4-6-12(2)17(11)19-16(21)10-27-18(22)13-7-8-15(28(3,25)26)14(9-13)20(23)24/h4-9H,10H2,1-3H3,(H,19,21). The molecule has 0 saturated carbocycles. The maximum Gasteiger partial charge on any atom is 0.338 e. The van der Waals surface area contributed by atoms with Crippen molar-refractivity contribution in [2.45, 2.75) is 18.7 Å². The molecule has 1 N–H and O–H groups in total. The highest BCUT2D eigenvalue weighted by molar-refractivity contribution is 7.90. The van der Waals surface area contributed by atoms with Gasteiger partial charge in [-0.1, -0.05) is 18.2 Å². The number of esters is 1. The number of anilines is 1. The van der Waals surface area contributed by atoms with Gasteiger partial charge in [0.25, 0.3) is 11.6 Å². The van der Waals surface area contributed by atoms with Crippen LogP contribution >= 0.6 is 0 Å². The lowest BCUT2D eigenvalue weighted by molar-refractivity contribution is -0.387.